The van der Waals surface area contributed by atoms with Crippen LogP contribution in [0.3, 0.4) is 0 Å². The molecule has 1 aromatic carbocycles. The van der Waals surface area contributed by atoms with Gasteiger partial charge in [-0.15, -0.1) is 0 Å². The van der Waals surface area contributed by atoms with Gasteiger partial charge < -0.3 is 10.6 Å². The number of hydrogen-bond acceptors (Lipinski definition) is 2. The average molecular weight is 315 g/mol. The van der Waals surface area contributed by atoms with E-state index < -0.39 is 6.04 Å². The predicted octanol–water partition coefficient (Wildman–Crippen LogP) is 2.65. The molecular weight excluding hydrogens is 299 g/mol. The Morgan fingerprint density at radius 2 is 2.05 bits per heavy atom. The van der Waals surface area contributed by atoms with Gasteiger partial charge in [-0.2, -0.15) is 0 Å². The molecule has 0 aliphatic heterocycles. The molecule has 1 rings (SSSR count). The van der Waals surface area contributed by atoms with Gasteiger partial charge in [0.1, 0.15) is 6.04 Å². The molecule has 1 atom stereocenters. The summed E-state index contributed by atoms with van der Waals surface area (Å²) < 4.78 is 0. The summed E-state index contributed by atoms with van der Waals surface area (Å²) in [5.74, 6) is -0.589. The van der Waals surface area contributed by atoms with Gasteiger partial charge in [0.15, 0.2) is 0 Å². The van der Waals surface area contributed by atoms with Crippen LogP contribution in [-0.2, 0) is 9.59 Å². The fraction of sp³-hybridized carbons (Fsp3) is 0.286. The topological polar surface area (TPSA) is 58.2 Å². The van der Waals surface area contributed by atoms with Crippen molar-refractivity contribution >= 4 is 41.1 Å². The van der Waals surface area contributed by atoms with Crippen molar-refractivity contribution in [2.45, 2.75) is 19.9 Å². The monoisotopic (exact) mass is 314 g/mol. The summed E-state index contributed by atoms with van der Waals surface area (Å²) in [5.41, 5.74) is 0.678. The first-order valence-corrected chi connectivity index (χ1v) is 6.91. The van der Waals surface area contributed by atoms with Gasteiger partial charge in [0.05, 0.1) is 0 Å². The smallest absolute Gasteiger partial charge is 0.244 e. The van der Waals surface area contributed by atoms with Crippen LogP contribution in [-0.4, -0.2) is 24.4 Å². The van der Waals surface area contributed by atoms with E-state index in [-0.39, 0.29) is 11.8 Å². The first-order chi connectivity index (χ1) is 9.43. The van der Waals surface area contributed by atoms with Gasteiger partial charge in [-0.3, -0.25) is 9.59 Å². The summed E-state index contributed by atoms with van der Waals surface area (Å²) in [5, 5.41) is 6.17. The fourth-order valence-corrected chi connectivity index (χ4v) is 1.93. The average Bonchev–Trinajstić information content (AvgIpc) is 2.37. The molecule has 2 N–H and O–H groups in total. The highest BCUT2D eigenvalue weighted by atomic mass is 35.5. The van der Waals surface area contributed by atoms with Crippen molar-refractivity contribution in [3.8, 4) is 0 Å². The number of nitrogens with one attached hydrogen (secondary N) is 2. The van der Waals surface area contributed by atoms with Crippen LogP contribution in [0.1, 0.15) is 19.4 Å². The van der Waals surface area contributed by atoms with Gasteiger partial charge in [0.25, 0.3) is 0 Å². The molecule has 0 bridgehead atoms. The third-order valence-electron chi connectivity index (χ3n) is 2.48. The van der Waals surface area contributed by atoms with Crippen molar-refractivity contribution in [2.75, 3.05) is 6.54 Å². The quantitative estimate of drug-likeness (QED) is 0.821. The van der Waals surface area contributed by atoms with Gasteiger partial charge in [-0.25, -0.2) is 0 Å². The molecule has 0 saturated heterocycles. The second-order valence-corrected chi connectivity index (χ2v) is 4.97. The van der Waals surface area contributed by atoms with Gasteiger partial charge in [0.2, 0.25) is 11.8 Å². The lowest BCUT2D eigenvalue weighted by atomic mass is 10.2. The molecule has 0 fully saturated rings. The lowest BCUT2D eigenvalue weighted by molar-refractivity contribution is -0.126. The zero-order valence-electron chi connectivity index (χ0n) is 11.2. The summed E-state index contributed by atoms with van der Waals surface area (Å²) in [6.45, 7) is 3.95. The zero-order valence-corrected chi connectivity index (χ0v) is 12.8. The summed E-state index contributed by atoms with van der Waals surface area (Å²) in [4.78, 5) is 23.1. The Labute approximate surface area is 128 Å². The first kappa shape index (κ1) is 16.5. The highest BCUT2D eigenvalue weighted by molar-refractivity contribution is 6.35. The van der Waals surface area contributed by atoms with Gasteiger partial charge in [-0.1, -0.05) is 29.3 Å². The van der Waals surface area contributed by atoms with Crippen molar-refractivity contribution in [1.29, 1.82) is 0 Å². The van der Waals surface area contributed by atoms with E-state index in [2.05, 4.69) is 10.6 Å². The van der Waals surface area contributed by atoms with E-state index in [9.17, 15) is 9.59 Å². The number of hydrogen-bond donors (Lipinski definition) is 2. The van der Waals surface area contributed by atoms with Gasteiger partial charge in [0, 0.05) is 22.7 Å². The number of amides is 2. The van der Waals surface area contributed by atoms with Crippen LogP contribution in [0.5, 0.6) is 0 Å². The van der Waals surface area contributed by atoms with Crippen LogP contribution in [0.25, 0.3) is 6.08 Å². The maximum absolute atomic E-state index is 11.7. The molecule has 1 unspecified atom stereocenters. The van der Waals surface area contributed by atoms with E-state index in [0.29, 0.717) is 22.2 Å². The van der Waals surface area contributed by atoms with Crippen molar-refractivity contribution in [2.24, 2.45) is 0 Å². The number of benzene rings is 1. The number of carbonyl (C=O) groups is 2. The molecule has 0 aliphatic rings. The third kappa shape index (κ3) is 5.23. The minimum absolute atomic E-state index is 0.223. The second-order valence-electron chi connectivity index (χ2n) is 4.12. The minimum atomic E-state index is -0.590. The van der Waals surface area contributed by atoms with Crippen LogP contribution in [0, 0.1) is 0 Å². The lowest BCUT2D eigenvalue weighted by Gasteiger charge is -2.11. The number of rotatable bonds is 5. The molecule has 4 nitrogen and oxygen atoms in total. The summed E-state index contributed by atoms with van der Waals surface area (Å²) in [6.07, 6.45) is 2.89. The zero-order chi connectivity index (χ0) is 15.1. The standard InChI is InChI=1S/C14H16Cl2N2O2/c1-3-17-14(20)9(2)18-13(19)7-5-10-4-6-11(15)8-12(10)16/h4-9H,3H2,1-2H3,(H,17,20)(H,18,19)/b7-5+. The van der Waals surface area contributed by atoms with Crippen LogP contribution in [0.15, 0.2) is 24.3 Å². The Morgan fingerprint density at radius 1 is 1.35 bits per heavy atom. The van der Waals surface area contributed by atoms with E-state index in [1.165, 1.54) is 6.08 Å². The normalized spacial score (nSPS) is 12.2. The molecule has 108 valence electrons. The Morgan fingerprint density at radius 3 is 2.65 bits per heavy atom. The molecule has 0 saturated carbocycles. The first-order valence-electron chi connectivity index (χ1n) is 6.15. The molecule has 1 aromatic rings. The number of carbonyl (C=O) groups excluding carboxylic acids is 2. The maximum atomic E-state index is 11.7. The molecule has 0 heterocycles. The maximum Gasteiger partial charge on any atom is 0.244 e. The van der Waals surface area contributed by atoms with Crippen LogP contribution in [0.2, 0.25) is 10.0 Å². The molecule has 2 amide bonds. The molecule has 0 radical (unpaired) electrons. The van der Waals surface area contributed by atoms with E-state index in [1.807, 2.05) is 6.92 Å². The van der Waals surface area contributed by atoms with Gasteiger partial charge in [-0.05, 0) is 37.6 Å². The lowest BCUT2D eigenvalue weighted by Crippen LogP contribution is -2.44. The Bertz CT molecular complexity index is 530. The molecule has 6 heteroatoms. The summed E-state index contributed by atoms with van der Waals surface area (Å²) in [7, 11) is 0. The van der Waals surface area contributed by atoms with Crippen LogP contribution >= 0.6 is 23.2 Å². The third-order valence-corrected chi connectivity index (χ3v) is 3.04. The van der Waals surface area contributed by atoms with Crippen LogP contribution in [0.4, 0.5) is 0 Å². The van der Waals surface area contributed by atoms with Crippen molar-refractivity contribution < 1.29 is 9.59 Å². The molecule has 20 heavy (non-hydrogen) atoms. The molecule has 0 spiro atoms. The summed E-state index contributed by atoms with van der Waals surface area (Å²) in [6, 6.07) is 4.40. The molecular formula is C14H16Cl2N2O2. The van der Waals surface area contributed by atoms with E-state index in [4.69, 9.17) is 23.2 Å². The Kier molecular flexibility index (Phi) is 6.55. The van der Waals surface area contributed by atoms with E-state index >= 15 is 0 Å². The van der Waals surface area contributed by atoms with Crippen molar-refractivity contribution in [3.05, 3.63) is 39.9 Å². The van der Waals surface area contributed by atoms with E-state index in [1.54, 1.807) is 31.2 Å². The van der Waals surface area contributed by atoms with Crippen molar-refractivity contribution in [3.63, 3.8) is 0 Å². The summed E-state index contributed by atoms with van der Waals surface area (Å²) >= 11 is 11.8. The molecule has 0 aromatic heterocycles. The Balaban J connectivity index is 2.61. The van der Waals surface area contributed by atoms with Crippen molar-refractivity contribution in [1.82, 2.24) is 10.6 Å². The fourth-order valence-electron chi connectivity index (χ4n) is 1.46. The highest BCUT2D eigenvalue weighted by Gasteiger charge is 2.12. The van der Waals surface area contributed by atoms with Crippen LogP contribution < -0.4 is 10.6 Å². The number of halogens is 2. The SMILES string of the molecule is CCNC(=O)C(C)NC(=O)/C=C/c1ccc(Cl)cc1Cl. The Hall–Kier alpha value is -1.52. The second kappa shape index (κ2) is 7.92. The van der Waals surface area contributed by atoms with Gasteiger partial charge >= 0.3 is 0 Å². The minimum Gasteiger partial charge on any atom is -0.355 e. The largest absolute Gasteiger partial charge is 0.355 e. The van der Waals surface area contributed by atoms with E-state index in [0.717, 1.165) is 0 Å². The number of likely N-dealkylation sites (N-methyl/N-ethyl adjacent to an activating group) is 1. The predicted molar refractivity (Wildman–Crippen MR) is 81.8 cm³/mol. The molecule has 0 aliphatic carbocycles. The highest BCUT2D eigenvalue weighted by Crippen LogP contribution is 2.21.